The Morgan fingerprint density at radius 2 is 1.78 bits per heavy atom. The maximum atomic E-state index is 5.38. The highest BCUT2D eigenvalue weighted by Crippen LogP contribution is 2.12. The van der Waals surface area contributed by atoms with E-state index in [0.717, 1.165) is 6.42 Å². The minimum Gasteiger partial charge on any atom is -0.316 e. The topological polar surface area (TPSA) is 52.0 Å². The van der Waals surface area contributed by atoms with Gasteiger partial charge in [-0.1, -0.05) is 24.3 Å². The second kappa shape index (κ2) is 2.80. The first-order valence-electron chi connectivity index (χ1n) is 3.15. The zero-order valence-corrected chi connectivity index (χ0v) is 5.33. The Labute approximate surface area is 55.2 Å². The lowest BCUT2D eigenvalue weighted by atomic mass is 10.1. The molecule has 1 rings (SSSR count). The van der Waals surface area contributed by atoms with Gasteiger partial charge in [0.15, 0.2) is 0 Å². The van der Waals surface area contributed by atoms with Crippen LogP contribution in [0.3, 0.4) is 0 Å². The smallest absolute Gasteiger partial charge is 0.0529 e. The van der Waals surface area contributed by atoms with Gasteiger partial charge in [-0.05, 0) is 12.3 Å². The third kappa shape index (κ3) is 2.00. The van der Waals surface area contributed by atoms with Crippen molar-refractivity contribution in [1.29, 1.82) is 0 Å². The summed E-state index contributed by atoms with van der Waals surface area (Å²) in [4.78, 5) is 0. The van der Waals surface area contributed by atoms with Gasteiger partial charge in [0.25, 0.3) is 0 Å². The van der Waals surface area contributed by atoms with Gasteiger partial charge in [-0.15, -0.1) is 0 Å². The van der Waals surface area contributed by atoms with E-state index in [9.17, 15) is 0 Å². The van der Waals surface area contributed by atoms with Crippen molar-refractivity contribution in [3.8, 4) is 0 Å². The van der Waals surface area contributed by atoms with E-state index >= 15 is 0 Å². The molecule has 0 heterocycles. The highest BCUT2D eigenvalue weighted by molar-refractivity contribution is 5.17. The molecule has 1 aliphatic carbocycles. The molecule has 0 unspecified atom stereocenters. The standard InChI is InChI=1S/C7H12N2/c8-7(9)5-6-3-1-2-4-6/h1-4,6-7H,5,8-9H2. The van der Waals surface area contributed by atoms with Gasteiger partial charge in [-0.25, -0.2) is 0 Å². The molecule has 0 aromatic rings. The van der Waals surface area contributed by atoms with Crippen molar-refractivity contribution in [2.75, 3.05) is 0 Å². The van der Waals surface area contributed by atoms with Crippen LogP contribution in [0.5, 0.6) is 0 Å². The Morgan fingerprint density at radius 3 is 2.22 bits per heavy atom. The van der Waals surface area contributed by atoms with E-state index < -0.39 is 0 Å². The van der Waals surface area contributed by atoms with E-state index in [-0.39, 0.29) is 6.17 Å². The second-order valence-electron chi connectivity index (χ2n) is 2.33. The number of hydrogen-bond acceptors (Lipinski definition) is 2. The second-order valence-corrected chi connectivity index (χ2v) is 2.33. The fourth-order valence-corrected chi connectivity index (χ4v) is 0.949. The van der Waals surface area contributed by atoms with Crippen molar-refractivity contribution >= 4 is 0 Å². The Kier molecular flexibility index (Phi) is 2.03. The predicted octanol–water partition coefficient (Wildman–Crippen LogP) is 0.362. The van der Waals surface area contributed by atoms with Crippen molar-refractivity contribution in [2.24, 2.45) is 17.4 Å². The van der Waals surface area contributed by atoms with Gasteiger partial charge in [0.2, 0.25) is 0 Å². The molecule has 2 heteroatoms. The lowest BCUT2D eigenvalue weighted by Gasteiger charge is -2.07. The molecule has 0 aromatic carbocycles. The molecule has 9 heavy (non-hydrogen) atoms. The number of hydrogen-bond donors (Lipinski definition) is 2. The quantitative estimate of drug-likeness (QED) is 0.522. The first kappa shape index (κ1) is 6.52. The first-order chi connectivity index (χ1) is 4.29. The van der Waals surface area contributed by atoms with Crippen molar-refractivity contribution in [2.45, 2.75) is 12.6 Å². The van der Waals surface area contributed by atoms with Crippen molar-refractivity contribution in [1.82, 2.24) is 0 Å². The summed E-state index contributed by atoms with van der Waals surface area (Å²) >= 11 is 0. The Balaban J connectivity index is 2.29. The zero-order chi connectivity index (χ0) is 6.69. The van der Waals surface area contributed by atoms with Crippen molar-refractivity contribution in [3.05, 3.63) is 24.3 Å². The summed E-state index contributed by atoms with van der Waals surface area (Å²) in [6, 6.07) is 0. The summed E-state index contributed by atoms with van der Waals surface area (Å²) in [5.41, 5.74) is 10.8. The number of rotatable bonds is 2. The molecule has 0 spiro atoms. The first-order valence-corrected chi connectivity index (χ1v) is 3.15. The fraction of sp³-hybridized carbons (Fsp3) is 0.429. The highest BCUT2D eigenvalue weighted by Gasteiger charge is 2.05. The monoisotopic (exact) mass is 124 g/mol. The third-order valence-electron chi connectivity index (χ3n) is 1.37. The number of allylic oxidation sites excluding steroid dienone is 4. The Morgan fingerprint density at radius 1 is 1.22 bits per heavy atom. The van der Waals surface area contributed by atoms with Gasteiger partial charge in [0.1, 0.15) is 0 Å². The van der Waals surface area contributed by atoms with Crippen molar-refractivity contribution in [3.63, 3.8) is 0 Å². The third-order valence-corrected chi connectivity index (χ3v) is 1.37. The van der Waals surface area contributed by atoms with Crippen molar-refractivity contribution < 1.29 is 0 Å². The summed E-state index contributed by atoms with van der Waals surface area (Å²) in [7, 11) is 0. The van der Waals surface area contributed by atoms with Crippen LogP contribution in [-0.4, -0.2) is 6.17 Å². The van der Waals surface area contributed by atoms with Crippen LogP contribution in [-0.2, 0) is 0 Å². The van der Waals surface area contributed by atoms with Crippen LogP contribution in [0.15, 0.2) is 24.3 Å². The summed E-state index contributed by atoms with van der Waals surface area (Å²) in [6.45, 7) is 0. The molecule has 4 N–H and O–H groups in total. The maximum absolute atomic E-state index is 5.38. The molecule has 0 saturated heterocycles. The molecule has 0 atom stereocenters. The molecular formula is C7H12N2. The molecule has 2 nitrogen and oxygen atoms in total. The van der Waals surface area contributed by atoms with Crippen LogP contribution in [0.1, 0.15) is 6.42 Å². The Hall–Kier alpha value is -0.600. The lowest BCUT2D eigenvalue weighted by Crippen LogP contribution is -2.31. The minimum atomic E-state index is -0.178. The predicted molar refractivity (Wildman–Crippen MR) is 38.5 cm³/mol. The van der Waals surface area contributed by atoms with E-state index in [4.69, 9.17) is 11.5 Å². The maximum Gasteiger partial charge on any atom is 0.0529 e. The van der Waals surface area contributed by atoms with E-state index in [1.54, 1.807) is 0 Å². The van der Waals surface area contributed by atoms with Gasteiger partial charge < -0.3 is 11.5 Å². The summed E-state index contributed by atoms with van der Waals surface area (Å²) < 4.78 is 0. The Bertz CT molecular complexity index is 124. The highest BCUT2D eigenvalue weighted by atomic mass is 14.8. The van der Waals surface area contributed by atoms with E-state index in [1.165, 1.54) is 0 Å². The summed E-state index contributed by atoms with van der Waals surface area (Å²) in [6.07, 6.45) is 8.93. The van der Waals surface area contributed by atoms with Crippen LogP contribution in [0.25, 0.3) is 0 Å². The van der Waals surface area contributed by atoms with Gasteiger partial charge in [0.05, 0.1) is 6.17 Å². The minimum absolute atomic E-state index is 0.178. The van der Waals surface area contributed by atoms with Crippen LogP contribution in [0.2, 0.25) is 0 Å². The molecule has 0 fully saturated rings. The van der Waals surface area contributed by atoms with Crippen LogP contribution in [0, 0.1) is 5.92 Å². The van der Waals surface area contributed by atoms with Crippen LogP contribution >= 0.6 is 0 Å². The van der Waals surface area contributed by atoms with E-state index in [0.29, 0.717) is 5.92 Å². The van der Waals surface area contributed by atoms with Gasteiger partial charge in [0, 0.05) is 0 Å². The summed E-state index contributed by atoms with van der Waals surface area (Å²) in [5, 5.41) is 0. The van der Waals surface area contributed by atoms with E-state index in [2.05, 4.69) is 12.2 Å². The molecule has 0 saturated carbocycles. The molecule has 0 bridgehead atoms. The molecule has 50 valence electrons. The van der Waals surface area contributed by atoms with Crippen LogP contribution < -0.4 is 11.5 Å². The van der Waals surface area contributed by atoms with Gasteiger partial charge in [-0.2, -0.15) is 0 Å². The number of nitrogens with two attached hydrogens (primary N) is 2. The average molecular weight is 124 g/mol. The van der Waals surface area contributed by atoms with Gasteiger partial charge in [-0.3, -0.25) is 0 Å². The van der Waals surface area contributed by atoms with E-state index in [1.807, 2.05) is 12.2 Å². The largest absolute Gasteiger partial charge is 0.316 e. The lowest BCUT2D eigenvalue weighted by molar-refractivity contribution is 0.583. The molecule has 1 aliphatic rings. The summed E-state index contributed by atoms with van der Waals surface area (Å²) in [5.74, 6) is 0.477. The fourth-order valence-electron chi connectivity index (χ4n) is 0.949. The SMILES string of the molecule is NC(N)CC1C=CC=C1. The average Bonchev–Trinajstić information content (AvgIpc) is 2.15. The molecule has 0 aliphatic heterocycles. The molecule has 0 radical (unpaired) electrons. The van der Waals surface area contributed by atoms with Gasteiger partial charge >= 0.3 is 0 Å². The zero-order valence-electron chi connectivity index (χ0n) is 5.33. The molecule has 0 aromatic heterocycles. The normalized spacial score (nSPS) is 18.1. The molecular weight excluding hydrogens is 112 g/mol. The molecule has 0 amide bonds. The van der Waals surface area contributed by atoms with Crippen LogP contribution in [0.4, 0.5) is 0 Å².